The molecule has 5 nitrogen and oxygen atoms in total. The van der Waals surface area contributed by atoms with Crippen LogP contribution in [0.3, 0.4) is 0 Å². The zero-order chi connectivity index (χ0) is 16.6. The number of rotatable bonds is 4. The van der Waals surface area contributed by atoms with Gasteiger partial charge in [-0.1, -0.05) is 24.2 Å². The van der Waals surface area contributed by atoms with Gasteiger partial charge in [0.05, 0.1) is 11.7 Å². The summed E-state index contributed by atoms with van der Waals surface area (Å²) in [5.74, 6) is -0.0287. The van der Waals surface area contributed by atoms with E-state index in [4.69, 9.17) is 4.52 Å². The Hall–Kier alpha value is -1.73. The topological polar surface area (TPSA) is 63.4 Å². The first-order valence-corrected chi connectivity index (χ1v) is 9.12. The minimum Gasteiger partial charge on any atom is -0.361 e. The summed E-state index contributed by atoms with van der Waals surface area (Å²) < 4.78 is 46.5. The third-order valence-electron chi connectivity index (χ3n) is 4.26. The lowest BCUT2D eigenvalue weighted by atomic mass is 10.0. The molecule has 1 saturated heterocycles. The maximum absolute atomic E-state index is 14.0. The molecule has 0 radical (unpaired) electrons. The van der Waals surface area contributed by atoms with Crippen LogP contribution in [0, 0.1) is 12.7 Å². The normalized spacial score (nSPS) is 19.3. The summed E-state index contributed by atoms with van der Waals surface area (Å²) in [6.07, 6.45) is 2.05. The highest BCUT2D eigenvalue weighted by molar-refractivity contribution is 7.89. The van der Waals surface area contributed by atoms with Crippen LogP contribution >= 0.6 is 0 Å². The fourth-order valence-electron chi connectivity index (χ4n) is 3.20. The van der Waals surface area contributed by atoms with Crippen molar-refractivity contribution in [1.82, 2.24) is 9.46 Å². The molecule has 1 unspecified atom stereocenters. The van der Waals surface area contributed by atoms with E-state index < -0.39 is 15.8 Å². The van der Waals surface area contributed by atoms with E-state index >= 15 is 0 Å². The predicted octanol–water partition coefficient (Wildman–Crippen LogP) is 3.21. The monoisotopic (exact) mass is 338 g/mol. The van der Waals surface area contributed by atoms with Gasteiger partial charge >= 0.3 is 0 Å². The highest BCUT2D eigenvalue weighted by Crippen LogP contribution is 2.39. The van der Waals surface area contributed by atoms with Crippen LogP contribution in [-0.2, 0) is 16.4 Å². The van der Waals surface area contributed by atoms with Gasteiger partial charge in [-0.15, -0.1) is 0 Å². The molecule has 1 aromatic carbocycles. The summed E-state index contributed by atoms with van der Waals surface area (Å²) >= 11 is 0. The lowest BCUT2D eigenvalue weighted by Gasteiger charge is -2.24. The first-order valence-electron chi connectivity index (χ1n) is 7.68. The molecule has 0 saturated carbocycles. The molecule has 0 spiro atoms. The fraction of sp³-hybridized carbons (Fsp3) is 0.438. The Balaban J connectivity index is 2.05. The molecule has 7 heteroatoms. The maximum Gasteiger partial charge on any atom is 0.246 e. The third kappa shape index (κ3) is 2.68. The number of hydrogen-bond donors (Lipinski definition) is 0. The fourth-order valence-corrected chi connectivity index (χ4v) is 4.94. The van der Waals surface area contributed by atoms with Crippen LogP contribution in [0.15, 0.2) is 33.7 Å². The van der Waals surface area contributed by atoms with Crippen LogP contribution in [-0.4, -0.2) is 24.4 Å². The van der Waals surface area contributed by atoms with Crippen molar-refractivity contribution in [2.45, 2.75) is 44.0 Å². The van der Waals surface area contributed by atoms with E-state index in [1.165, 1.54) is 28.6 Å². The van der Waals surface area contributed by atoms with Gasteiger partial charge in [-0.2, -0.15) is 4.31 Å². The number of hydrogen-bond acceptors (Lipinski definition) is 4. The van der Waals surface area contributed by atoms with Crippen molar-refractivity contribution in [3.63, 3.8) is 0 Å². The quantitative estimate of drug-likeness (QED) is 0.859. The number of aromatic nitrogens is 1. The summed E-state index contributed by atoms with van der Waals surface area (Å²) in [6.45, 7) is 4.12. The van der Waals surface area contributed by atoms with Crippen molar-refractivity contribution in [2.75, 3.05) is 6.54 Å². The van der Waals surface area contributed by atoms with Crippen molar-refractivity contribution in [3.05, 3.63) is 47.1 Å². The summed E-state index contributed by atoms with van der Waals surface area (Å²) in [7, 11) is -3.90. The molecule has 3 rings (SSSR count). The van der Waals surface area contributed by atoms with E-state index in [-0.39, 0.29) is 10.9 Å². The molecule has 0 N–H and O–H groups in total. The minimum absolute atomic E-state index is 0.279. The largest absolute Gasteiger partial charge is 0.361 e. The second-order valence-corrected chi connectivity index (χ2v) is 7.52. The highest BCUT2D eigenvalue weighted by atomic mass is 32.2. The van der Waals surface area contributed by atoms with E-state index in [1.807, 2.05) is 13.8 Å². The van der Waals surface area contributed by atoms with E-state index in [2.05, 4.69) is 5.16 Å². The smallest absolute Gasteiger partial charge is 0.246 e. The van der Waals surface area contributed by atoms with Gasteiger partial charge in [-0.05, 0) is 31.9 Å². The number of benzene rings is 1. The molecule has 23 heavy (non-hydrogen) atoms. The van der Waals surface area contributed by atoms with Gasteiger partial charge in [0.2, 0.25) is 10.0 Å². The zero-order valence-corrected chi connectivity index (χ0v) is 13.9. The van der Waals surface area contributed by atoms with Crippen LogP contribution in [0.25, 0.3) is 0 Å². The van der Waals surface area contributed by atoms with Gasteiger partial charge in [0.1, 0.15) is 16.5 Å². The Morgan fingerprint density at radius 1 is 1.39 bits per heavy atom. The number of aryl methyl sites for hydroxylation is 2. The first kappa shape index (κ1) is 16.1. The van der Waals surface area contributed by atoms with Crippen molar-refractivity contribution in [1.29, 1.82) is 0 Å². The predicted molar refractivity (Wildman–Crippen MR) is 82.9 cm³/mol. The second kappa shape index (κ2) is 6.05. The average molecular weight is 338 g/mol. The summed E-state index contributed by atoms with van der Waals surface area (Å²) in [4.78, 5) is -0.279. The third-order valence-corrected chi connectivity index (χ3v) is 6.21. The summed E-state index contributed by atoms with van der Waals surface area (Å²) in [5, 5.41) is 3.97. The molecule has 0 bridgehead atoms. The van der Waals surface area contributed by atoms with E-state index in [1.54, 1.807) is 0 Å². The number of halogens is 1. The molecule has 2 aromatic rings. The Bertz CT molecular complexity index is 816. The Morgan fingerprint density at radius 3 is 2.83 bits per heavy atom. The molecule has 1 aromatic heterocycles. The molecule has 1 fully saturated rings. The minimum atomic E-state index is -3.90. The molecule has 1 aliphatic heterocycles. The maximum atomic E-state index is 14.0. The molecule has 0 amide bonds. The molecule has 1 aliphatic rings. The number of nitrogens with zero attached hydrogens (tertiary/aromatic N) is 2. The molecular weight excluding hydrogens is 319 g/mol. The Labute approximate surface area is 135 Å². The second-order valence-electron chi connectivity index (χ2n) is 5.66. The zero-order valence-electron chi connectivity index (χ0n) is 13.1. The molecule has 1 atom stereocenters. The van der Waals surface area contributed by atoms with E-state index in [0.717, 1.165) is 12.0 Å². The lowest BCUT2D eigenvalue weighted by molar-refractivity contribution is 0.367. The summed E-state index contributed by atoms with van der Waals surface area (Å²) in [6, 6.07) is 5.14. The van der Waals surface area contributed by atoms with Crippen LogP contribution in [0.5, 0.6) is 0 Å². The molecule has 0 aliphatic carbocycles. The average Bonchev–Trinajstić information content (AvgIpc) is 3.13. The number of sulfonamides is 1. The lowest BCUT2D eigenvalue weighted by Crippen LogP contribution is -2.31. The van der Waals surface area contributed by atoms with Gasteiger partial charge in [0, 0.05) is 18.5 Å². The Morgan fingerprint density at radius 2 is 2.13 bits per heavy atom. The van der Waals surface area contributed by atoms with Crippen molar-refractivity contribution in [3.8, 4) is 0 Å². The van der Waals surface area contributed by atoms with Crippen LogP contribution in [0.2, 0.25) is 0 Å². The molecule has 2 heterocycles. The van der Waals surface area contributed by atoms with Crippen molar-refractivity contribution in [2.24, 2.45) is 0 Å². The van der Waals surface area contributed by atoms with Crippen LogP contribution < -0.4 is 0 Å². The SMILES string of the molecule is CCc1onc(C)c1C1CCCN1S(=O)(=O)c1ccccc1F. The van der Waals surface area contributed by atoms with Crippen LogP contribution in [0.4, 0.5) is 4.39 Å². The van der Waals surface area contributed by atoms with Gasteiger partial charge in [-0.25, -0.2) is 12.8 Å². The Kier molecular flexibility index (Phi) is 4.25. The highest BCUT2D eigenvalue weighted by Gasteiger charge is 2.40. The first-order chi connectivity index (χ1) is 11.0. The van der Waals surface area contributed by atoms with Crippen molar-refractivity contribution < 1.29 is 17.3 Å². The van der Waals surface area contributed by atoms with E-state index in [9.17, 15) is 12.8 Å². The van der Waals surface area contributed by atoms with Gasteiger partial charge < -0.3 is 4.52 Å². The molecule has 124 valence electrons. The van der Waals surface area contributed by atoms with Gasteiger partial charge in [0.15, 0.2) is 0 Å². The van der Waals surface area contributed by atoms with Crippen LogP contribution in [0.1, 0.15) is 42.8 Å². The van der Waals surface area contributed by atoms with Crippen molar-refractivity contribution >= 4 is 10.0 Å². The standard InChI is InChI=1S/C16H19FN2O3S/c1-3-14-16(11(2)18-22-14)13-8-6-10-19(13)23(20,21)15-9-5-4-7-12(15)17/h4-5,7,9,13H,3,6,8,10H2,1-2H3. The van der Waals surface area contributed by atoms with E-state index in [0.29, 0.717) is 30.8 Å². The molecular formula is C16H19FN2O3S. The van der Waals surface area contributed by atoms with Gasteiger partial charge in [-0.3, -0.25) is 0 Å². The summed E-state index contributed by atoms with van der Waals surface area (Å²) in [5.41, 5.74) is 1.52. The van der Waals surface area contributed by atoms with Gasteiger partial charge in [0.25, 0.3) is 0 Å².